The zero-order chi connectivity index (χ0) is 30.3. The average molecular weight is 618 g/mol. The summed E-state index contributed by atoms with van der Waals surface area (Å²) in [6, 6.07) is 18.5. The maximum Gasteiger partial charge on any atom is 0.335 e. The molecule has 3 aromatic carbocycles. The van der Waals surface area contributed by atoms with Gasteiger partial charge in [0.2, 0.25) is 0 Å². The number of aromatic carboxylic acids is 1. The molecule has 43 heavy (non-hydrogen) atoms. The summed E-state index contributed by atoms with van der Waals surface area (Å²) in [6.07, 6.45) is 2.13. The van der Waals surface area contributed by atoms with Crippen LogP contribution in [-0.2, 0) is 17.8 Å². The Morgan fingerprint density at radius 3 is 2.60 bits per heavy atom. The standard InChI is InChI=1S/C33H30Cl2N4O4/c1-19-12-22(25(35)15-24(19)26-10-11-36-32(38-26)43-16-20-4-7-23(34)8-5-20)14-30-37-27-9-6-21(31(40)41)13-28(27)39(30)29-17-42-18-33(29,2)3/h4-13,15,29H,14,16-18H2,1-3H3,(H,40,41). The lowest BCUT2D eigenvalue weighted by molar-refractivity contribution is 0.0697. The molecule has 6 rings (SSSR count). The molecule has 1 unspecified atom stereocenters. The number of aryl methyl sites for hydroxylation is 1. The zero-order valence-corrected chi connectivity index (χ0v) is 25.5. The number of carbonyl (C=O) groups is 1. The Hall–Kier alpha value is -3.98. The van der Waals surface area contributed by atoms with E-state index in [4.69, 9.17) is 37.7 Å². The van der Waals surface area contributed by atoms with Gasteiger partial charge in [0.15, 0.2) is 0 Å². The van der Waals surface area contributed by atoms with Crippen molar-refractivity contribution >= 4 is 40.2 Å². The SMILES string of the molecule is Cc1cc(Cc2nc3ccc(C(=O)O)cc3n2C2COCC2(C)C)c(Cl)cc1-c1ccnc(OCc2ccc(Cl)cc2)n1. The summed E-state index contributed by atoms with van der Waals surface area (Å²) >= 11 is 12.9. The van der Waals surface area contributed by atoms with Crippen molar-refractivity contribution < 1.29 is 19.4 Å². The van der Waals surface area contributed by atoms with E-state index in [0.29, 0.717) is 42.0 Å². The molecule has 10 heteroatoms. The van der Waals surface area contributed by atoms with Gasteiger partial charge in [0.05, 0.1) is 41.5 Å². The van der Waals surface area contributed by atoms with E-state index in [-0.39, 0.29) is 23.0 Å². The van der Waals surface area contributed by atoms with E-state index in [9.17, 15) is 9.90 Å². The fraction of sp³-hybridized carbons (Fsp3) is 0.273. The largest absolute Gasteiger partial charge is 0.478 e. The minimum Gasteiger partial charge on any atom is -0.478 e. The van der Waals surface area contributed by atoms with E-state index in [1.54, 1.807) is 24.4 Å². The number of halogens is 2. The van der Waals surface area contributed by atoms with Crippen LogP contribution in [0.4, 0.5) is 0 Å². The number of fused-ring (bicyclic) bond motifs is 1. The number of rotatable bonds is 8. The molecule has 1 aliphatic rings. The number of hydrogen-bond acceptors (Lipinski definition) is 6. The highest BCUT2D eigenvalue weighted by atomic mass is 35.5. The highest BCUT2D eigenvalue weighted by Gasteiger charge is 2.39. The van der Waals surface area contributed by atoms with Crippen molar-refractivity contribution in [1.29, 1.82) is 0 Å². The summed E-state index contributed by atoms with van der Waals surface area (Å²) in [6.45, 7) is 7.77. The second kappa shape index (κ2) is 11.6. The minimum atomic E-state index is -0.976. The van der Waals surface area contributed by atoms with E-state index in [0.717, 1.165) is 39.1 Å². The first-order valence-electron chi connectivity index (χ1n) is 13.9. The van der Waals surface area contributed by atoms with E-state index >= 15 is 0 Å². The van der Waals surface area contributed by atoms with Gasteiger partial charge in [0.1, 0.15) is 12.4 Å². The number of benzene rings is 3. The molecule has 1 aliphatic heterocycles. The Labute approximate surface area is 259 Å². The Morgan fingerprint density at radius 2 is 1.88 bits per heavy atom. The van der Waals surface area contributed by atoms with Gasteiger partial charge in [-0.3, -0.25) is 0 Å². The number of nitrogens with zero attached hydrogens (tertiary/aromatic N) is 4. The monoisotopic (exact) mass is 616 g/mol. The summed E-state index contributed by atoms with van der Waals surface area (Å²) in [5.74, 6) is -0.175. The Morgan fingerprint density at radius 1 is 1.09 bits per heavy atom. The van der Waals surface area contributed by atoms with Crippen LogP contribution < -0.4 is 4.74 Å². The van der Waals surface area contributed by atoms with Crippen LogP contribution in [0.5, 0.6) is 6.01 Å². The van der Waals surface area contributed by atoms with Gasteiger partial charge in [-0.25, -0.2) is 14.8 Å². The predicted molar refractivity (Wildman–Crippen MR) is 166 cm³/mol. The molecule has 0 amide bonds. The normalized spacial score (nSPS) is 16.1. The molecule has 1 atom stereocenters. The quantitative estimate of drug-likeness (QED) is 0.192. The van der Waals surface area contributed by atoms with Crippen LogP contribution >= 0.6 is 23.2 Å². The van der Waals surface area contributed by atoms with Crippen LogP contribution in [0.25, 0.3) is 22.3 Å². The van der Waals surface area contributed by atoms with Gasteiger partial charge < -0.3 is 19.1 Å². The molecule has 1 fully saturated rings. The van der Waals surface area contributed by atoms with E-state index in [1.807, 2.05) is 43.3 Å². The number of aromatic nitrogens is 4. The minimum absolute atomic E-state index is 0.0111. The fourth-order valence-electron chi connectivity index (χ4n) is 5.54. The van der Waals surface area contributed by atoms with Crippen LogP contribution in [0.2, 0.25) is 10.0 Å². The zero-order valence-electron chi connectivity index (χ0n) is 24.0. The molecule has 3 heterocycles. The molecule has 8 nitrogen and oxygen atoms in total. The summed E-state index contributed by atoms with van der Waals surface area (Å²) in [5, 5.41) is 10.9. The summed E-state index contributed by atoms with van der Waals surface area (Å²) in [7, 11) is 0. The first-order valence-corrected chi connectivity index (χ1v) is 14.7. The van der Waals surface area contributed by atoms with Crippen molar-refractivity contribution in [3.63, 3.8) is 0 Å². The number of carboxylic acid groups (broad SMARTS) is 1. The second-order valence-corrected chi connectivity index (χ2v) is 12.3. The lowest BCUT2D eigenvalue weighted by Gasteiger charge is -2.28. The maximum absolute atomic E-state index is 11.8. The molecule has 220 valence electrons. The third kappa shape index (κ3) is 5.95. The molecule has 5 aromatic rings. The van der Waals surface area contributed by atoms with Gasteiger partial charge in [0, 0.05) is 33.6 Å². The highest BCUT2D eigenvalue weighted by molar-refractivity contribution is 6.31. The second-order valence-electron chi connectivity index (χ2n) is 11.5. The molecular weight excluding hydrogens is 587 g/mol. The molecule has 1 N–H and O–H groups in total. The van der Waals surface area contributed by atoms with Crippen LogP contribution in [0.15, 0.2) is 66.9 Å². The van der Waals surface area contributed by atoms with Gasteiger partial charge >= 0.3 is 12.0 Å². The Bertz CT molecular complexity index is 1840. The molecule has 0 saturated carbocycles. The highest BCUT2D eigenvalue weighted by Crippen LogP contribution is 2.41. The van der Waals surface area contributed by atoms with Crippen molar-refractivity contribution in [2.45, 2.75) is 39.8 Å². The molecule has 0 radical (unpaired) electrons. The first kappa shape index (κ1) is 29.1. The third-order valence-electron chi connectivity index (χ3n) is 7.91. The third-order valence-corrected chi connectivity index (χ3v) is 8.51. The average Bonchev–Trinajstić information content (AvgIpc) is 3.51. The fourth-order valence-corrected chi connectivity index (χ4v) is 5.90. The van der Waals surface area contributed by atoms with Gasteiger partial charge in [-0.15, -0.1) is 0 Å². The van der Waals surface area contributed by atoms with Crippen molar-refractivity contribution in [3.8, 4) is 17.3 Å². The lowest BCUT2D eigenvalue weighted by atomic mass is 9.87. The van der Waals surface area contributed by atoms with E-state index in [1.165, 1.54) is 0 Å². The molecule has 0 bridgehead atoms. The maximum atomic E-state index is 11.8. The summed E-state index contributed by atoms with van der Waals surface area (Å²) in [4.78, 5) is 25.6. The number of imidazole rings is 1. The van der Waals surface area contributed by atoms with Crippen LogP contribution in [0.1, 0.15) is 52.8 Å². The van der Waals surface area contributed by atoms with Crippen molar-refractivity contribution in [2.24, 2.45) is 5.41 Å². The molecular formula is C33H30Cl2N4O4. The van der Waals surface area contributed by atoms with Crippen LogP contribution in [-0.4, -0.2) is 43.8 Å². The van der Waals surface area contributed by atoms with Crippen LogP contribution in [0, 0.1) is 12.3 Å². The van der Waals surface area contributed by atoms with Gasteiger partial charge in [0.25, 0.3) is 0 Å². The number of ether oxygens (including phenoxy) is 2. The van der Waals surface area contributed by atoms with E-state index in [2.05, 4.69) is 34.4 Å². The van der Waals surface area contributed by atoms with Crippen molar-refractivity contribution in [2.75, 3.05) is 13.2 Å². The Balaban J connectivity index is 1.32. The van der Waals surface area contributed by atoms with Crippen molar-refractivity contribution in [3.05, 3.63) is 105 Å². The molecule has 0 aliphatic carbocycles. The van der Waals surface area contributed by atoms with Gasteiger partial charge in [-0.05, 0) is 66.1 Å². The number of hydrogen-bond donors (Lipinski definition) is 1. The smallest absolute Gasteiger partial charge is 0.335 e. The predicted octanol–water partition coefficient (Wildman–Crippen LogP) is 7.57. The van der Waals surface area contributed by atoms with Gasteiger partial charge in [-0.2, -0.15) is 4.98 Å². The summed E-state index contributed by atoms with van der Waals surface area (Å²) < 4.78 is 13.9. The van der Waals surface area contributed by atoms with E-state index < -0.39 is 5.97 Å². The van der Waals surface area contributed by atoms with Crippen LogP contribution in [0.3, 0.4) is 0 Å². The summed E-state index contributed by atoms with van der Waals surface area (Å²) in [5.41, 5.74) is 5.99. The molecule has 1 saturated heterocycles. The molecule has 0 spiro atoms. The van der Waals surface area contributed by atoms with Gasteiger partial charge in [-0.1, -0.05) is 55.2 Å². The first-order chi connectivity index (χ1) is 20.6. The Kier molecular flexibility index (Phi) is 7.85. The van der Waals surface area contributed by atoms with Crippen molar-refractivity contribution in [1.82, 2.24) is 19.5 Å². The topological polar surface area (TPSA) is 99.4 Å². The lowest BCUT2D eigenvalue weighted by Crippen LogP contribution is -2.27. The molecule has 2 aromatic heterocycles. The number of carboxylic acids is 1.